The molecular formula is C16H13N3O3S. The van der Waals surface area contributed by atoms with Gasteiger partial charge in [0.15, 0.2) is 5.76 Å². The van der Waals surface area contributed by atoms with E-state index in [0.717, 1.165) is 5.82 Å². The number of hydrogen-bond donors (Lipinski definition) is 1. The topological polar surface area (TPSA) is 77.2 Å². The number of hydrogen-bond acceptors (Lipinski definition) is 6. The molecule has 0 spiro atoms. The van der Waals surface area contributed by atoms with Crippen LogP contribution < -0.4 is 10.1 Å². The molecule has 0 radical (unpaired) electrons. The summed E-state index contributed by atoms with van der Waals surface area (Å²) in [5, 5.41) is 3.29. The maximum Gasteiger partial charge on any atom is 0.298 e. The first kappa shape index (κ1) is 14.0. The van der Waals surface area contributed by atoms with Crippen LogP contribution >= 0.6 is 11.5 Å². The predicted octanol–water partition coefficient (Wildman–Crippen LogP) is 4.05. The van der Waals surface area contributed by atoms with Crippen molar-refractivity contribution in [2.45, 2.75) is 18.8 Å². The summed E-state index contributed by atoms with van der Waals surface area (Å²) in [6.07, 6.45) is 3.80. The lowest BCUT2D eigenvalue weighted by molar-refractivity contribution is 0.0996. The van der Waals surface area contributed by atoms with Crippen LogP contribution in [-0.2, 0) is 0 Å². The third-order valence-corrected chi connectivity index (χ3v) is 4.04. The third-order valence-electron chi connectivity index (χ3n) is 3.43. The predicted molar refractivity (Wildman–Crippen MR) is 85.1 cm³/mol. The fourth-order valence-electron chi connectivity index (χ4n) is 2.08. The first-order chi connectivity index (χ1) is 11.3. The number of furan rings is 1. The highest BCUT2D eigenvalue weighted by molar-refractivity contribution is 7.07. The van der Waals surface area contributed by atoms with Crippen molar-refractivity contribution in [1.82, 2.24) is 9.36 Å². The van der Waals surface area contributed by atoms with E-state index in [9.17, 15) is 4.79 Å². The summed E-state index contributed by atoms with van der Waals surface area (Å²) >= 11 is 1.26. The van der Waals surface area contributed by atoms with Crippen LogP contribution in [0.15, 0.2) is 47.1 Å². The van der Waals surface area contributed by atoms with Crippen LogP contribution in [-0.4, -0.2) is 15.3 Å². The van der Waals surface area contributed by atoms with Gasteiger partial charge in [0.2, 0.25) is 0 Å². The average Bonchev–Trinajstić information content (AvgIpc) is 3.08. The van der Waals surface area contributed by atoms with Crippen molar-refractivity contribution in [3.63, 3.8) is 0 Å². The monoisotopic (exact) mass is 327 g/mol. The maximum absolute atomic E-state index is 11.9. The summed E-state index contributed by atoms with van der Waals surface area (Å²) in [5.41, 5.74) is 0.662. The molecule has 23 heavy (non-hydrogen) atoms. The number of amides is 1. The molecule has 0 aliphatic heterocycles. The highest BCUT2D eigenvalue weighted by Gasteiger charge is 2.28. The van der Waals surface area contributed by atoms with Crippen LogP contribution in [0.4, 0.5) is 5.69 Å². The Labute approximate surface area is 136 Å². The van der Waals surface area contributed by atoms with Crippen molar-refractivity contribution >= 4 is 23.1 Å². The van der Waals surface area contributed by atoms with E-state index < -0.39 is 0 Å². The number of aromatic nitrogens is 2. The van der Waals surface area contributed by atoms with Crippen LogP contribution in [0.2, 0.25) is 0 Å². The zero-order valence-electron chi connectivity index (χ0n) is 12.1. The quantitative estimate of drug-likeness (QED) is 0.765. The van der Waals surface area contributed by atoms with E-state index in [4.69, 9.17) is 9.15 Å². The molecule has 1 aromatic carbocycles. The van der Waals surface area contributed by atoms with Gasteiger partial charge >= 0.3 is 0 Å². The lowest BCUT2D eigenvalue weighted by Gasteiger charge is -2.05. The Morgan fingerprint density at radius 2 is 2.09 bits per heavy atom. The summed E-state index contributed by atoms with van der Waals surface area (Å²) in [6, 6.07) is 10.4. The minimum atomic E-state index is -0.290. The van der Waals surface area contributed by atoms with Crippen LogP contribution in [0.25, 0.3) is 0 Å². The highest BCUT2D eigenvalue weighted by atomic mass is 32.1. The zero-order chi connectivity index (χ0) is 15.6. The van der Waals surface area contributed by atoms with Gasteiger partial charge in [-0.25, -0.2) is 0 Å². The number of carbonyl (C=O) groups is 1. The fourth-order valence-corrected chi connectivity index (χ4v) is 2.71. The number of rotatable bonds is 5. The van der Waals surface area contributed by atoms with Gasteiger partial charge in [0.25, 0.3) is 11.1 Å². The molecule has 1 aliphatic carbocycles. The number of benzene rings is 1. The first-order valence-electron chi connectivity index (χ1n) is 7.24. The van der Waals surface area contributed by atoms with Crippen molar-refractivity contribution in [2.24, 2.45) is 0 Å². The van der Waals surface area contributed by atoms with Crippen molar-refractivity contribution in [2.75, 3.05) is 5.32 Å². The second-order valence-corrected chi connectivity index (χ2v) is 5.97. The zero-order valence-corrected chi connectivity index (χ0v) is 12.9. The van der Waals surface area contributed by atoms with Crippen LogP contribution in [0.3, 0.4) is 0 Å². The van der Waals surface area contributed by atoms with Crippen molar-refractivity contribution in [3.05, 3.63) is 54.2 Å². The molecule has 0 saturated heterocycles. The summed E-state index contributed by atoms with van der Waals surface area (Å²) in [5.74, 6) is 2.03. The van der Waals surface area contributed by atoms with E-state index in [-0.39, 0.29) is 11.7 Å². The van der Waals surface area contributed by atoms with E-state index >= 15 is 0 Å². The first-order valence-corrected chi connectivity index (χ1v) is 8.01. The molecule has 7 heteroatoms. The number of anilines is 1. The Kier molecular flexibility index (Phi) is 3.55. The van der Waals surface area contributed by atoms with Gasteiger partial charge in [-0.2, -0.15) is 9.36 Å². The van der Waals surface area contributed by atoms with Crippen molar-refractivity contribution < 1.29 is 13.9 Å². The summed E-state index contributed by atoms with van der Waals surface area (Å²) < 4.78 is 15.0. The van der Waals surface area contributed by atoms with Gasteiger partial charge in [0, 0.05) is 23.1 Å². The van der Waals surface area contributed by atoms with Crippen molar-refractivity contribution in [3.8, 4) is 10.9 Å². The second kappa shape index (κ2) is 5.85. The van der Waals surface area contributed by atoms with E-state index in [2.05, 4.69) is 14.7 Å². The molecular weight excluding hydrogens is 314 g/mol. The molecule has 2 aromatic heterocycles. The molecule has 1 fully saturated rings. The lowest BCUT2D eigenvalue weighted by Crippen LogP contribution is -2.10. The van der Waals surface area contributed by atoms with Gasteiger partial charge < -0.3 is 14.5 Å². The molecule has 2 heterocycles. The Hall–Kier alpha value is -2.67. The van der Waals surface area contributed by atoms with E-state index in [1.54, 1.807) is 36.4 Å². The molecule has 0 atom stereocenters. The van der Waals surface area contributed by atoms with Crippen LogP contribution in [0, 0.1) is 0 Å². The van der Waals surface area contributed by atoms with Crippen LogP contribution in [0.1, 0.15) is 35.1 Å². The Bertz CT molecular complexity index is 807. The minimum absolute atomic E-state index is 0.270. The van der Waals surface area contributed by atoms with Gasteiger partial charge in [0.1, 0.15) is 11.6 Å². The lowest BCUT2D eigenvalue weighted by atomic mass is 10.3. The van der Waals surface area contributed by atoms with Gasteiger partial charge in [-0.1, -0.05) is 0 Å². The molecule has 1 N–H and O–H groups in total. The van der Waals surface area contributed by atoms with Gasteiger partial charge in [-0.3, -0.25) is 4.79 Å². The normalized spacial score (nSPS) is 13.7. The Morgan fingerprint density at radius 3 is 2.78 bits per heavy atom. The smallest absolute Gasteiger partial charge is 0.298 e. The summed E-state index contributed by atoms with van der Waals surface area (Å²) in [6.45, 7) is 0. The highest BCUT2D eigenvalue weighted by Crippen LogP contribution is 2.40. The van der Waals surface area contributed by atoms with Gasteiger partial charge in [-0.05, 0) is 49.2 Å². The molecule has 0 bridgehead atoms. The Morgan fingerprint density at radius 1 is 1.26 bits per heavy atom. The van der Waals surface area contributed by atoms with E-state index in [1.165, 1.54) is 30.6 Å². The van der Waals surface area contributed by atoms with Crippen LogP contribution in [0.5, 0.6) is 10.9 Å². The average molecular weight is 327 g/mol. The Balaban J connectivity index is 1.40. The molecule has 1 saturated carbocycles. The van der Waals surface area contributed by atoms with E-state index in [0.29, 0.717) is 22.5 Å². The maximum atomic E-state index is 11.9. The molecule has 6 nitrogen and oxygen atoms in total. The summed E-state index contributed by atoms with van der Waals surface area (Å²) in [4.78, 5) is 16.2. The molecule has 1 aliphatic rings. The minimum Gasteiger partial charge on any atom is -0.459 e. The SMILES string of the molecule is O=C(Nc1ccc(Oc2nc(C3CC3)ns2)cc1)c1ccco1. The van der Waals surface area contributed by atoms with E-state index in [1.807, 2.05) is 0 Å². The molecule has 3 aromatic rings. The second-order valence-electron chi connectivity index (χ2n) is 5.25. The summed E-state index contributed by atoms with van der Waals surface area (Å²) in [7, 11) is 0. The third kappa shape index (κ3) is 3.24. The standard InChI is InChI=1S/C16H13N3O3S/c20-15(13-2-1-9-21-13)17-11-5-7-12(8-6-11)22-16-18-14(19-23-16)10-3-4-10/h1-2,5-10H,3-4H2,(H,17,20). The van der Waals surface area contributed by atoms with Gasteiger partial charge in [-0.15, -0.1) is 0 Å². The van der Waals surface area contributed by atoms with Gasteiger partial charge in [0.05, 0.1) is 6.26 Å². The number of nitrogens with one attached hydrogen (secondary N) is 1. The number of carbonyl (C=O) groups excluding carboxylic acids is 1. The number of ether oxygens (including phenoxy) is 1. The molecule has 1 amide bonds. The van der Waals surface area contributed by atoms with Crippen molar-refractivity contribution in [1.29, 1.82) is 0 Å². The largest absolute Gasteiger partial charge is 0.459 e. The number of nitrogens with zero attached hydrogens (tertiary/aromatic N) is 2. The molecule has 0 unspecified atom stereocenters. The molecule has 116 valence electrons. The molecule has 4 rings (SSSR count). The fraction of sp³-hybridized carbons (Fsp3) is 0.188.